The van der Waals surface area contributed by atoms with Gasteiger partial charge in [-0.15, -0.1) is 0 Å². The van der Waals surface area contributed by atoms with Crippen molar-refractivity contribution in [2.45, 2.75) is 6.42 Å². The molecule has 0 amide bonds. The molecule has 10 heavy (non-hydrogen) atoms. The van der Waals surface area contributed by atoms with Gasteiger partial charge in [0.15, 0.2) is 0 Å². The summed E-state index contributed by atoms with van der Waals surface area (Å²) in [6.07, 6.45) is 6.09. The van der Waals surface area contributed by atoms with E-state index in [0.717, 1.165) is 5.76 Å². The molecular weight excluding hydrogens is 130 g/mol. The van der Waals surface area contributed by atoms with E-state index in [9.17, 15) is 0 Å². The monoisotopic (exact) mass is 139 g/mol. The van der Waals surface area contributed by atoms with Gasteiger partial charge < -0.3 is 9.94 Å². The molecule has 3 heteroatoms. The Kier molecular flexibility index (Phi) is 2.10. The minimum absolute atomic E-state index is 0.624. The Morgan fingerprint density at radius 1 is 1.70 bits per heavy atom. The maximum atomic E-state index is 8.36. The van der Waals surface area contributed by atoms with E-state index >= 15 is 0 Å². The van der Waals surface area contributed by atoms with Crippen molar-refractivity contribution in [3.63, 3.8) is 0 Å². The number of hydrogen-bond acceptors (Lipinski definition) is 3. The van der Waals surface area contributed by atoms with Gasteiger partial charge in [0.25, 0.3) is 0 Å². The second-order valence-electron chi connectivity index (χ2n) is 1.95. The fraction of sp³-hybridized carbons (Fsp3) is 0.286. The average Bonchev–Trinajstić information content (AvgIpc) is 2.05. The SMILES string of the molecule is COC1=CC(=NO)CC=C1. The Morgan fingerprint density at radius 3 is 3.10 bits per heavy atom. The van der Waals surface area contributed by atoms with Gasteiger partial charge in [-0.1, -0.05) is 11.2 Å². The molecule has 0 aromatic rings. The predicted octanol–water partition coefficient (Wildman–Crippen LogP) is 1.31. The molecule has 0 saturated carbocycles. The van der Waals surface area contributed by atoms with Gasteiger partial charge in [-0.05, 0) is 6.08 Å². The van der Waals surface area contributed by atoms with E-state index in [-0.39, 0.29) is 0 Å². The van der Waals surface area contributed by atoms with Crippen LogP contribution in [-0.2, 0) is 4.74 Å². The third-order valence-electron chi connectivity index (χ3n) is 1.28. The Morgan fingerprint density at radius 2 is 2.50 bits per heavy atom. The smallest absolute Gasteiger partial charge is 0.120 e. The molecule has 0 fully saturated rings. The van der Waals surface area contributed by atoms with Gasteiger partial charge in [0, 0.05) is 12.5 Å². The van der Waals surface area contributed by atoms with Crippen LogP contribution in [0.4, 0.5) is 0 Å². The van der Waals surface area contributed by atoms with E-state index in [1.807, 2.05) is 12.2 Å². The molecule has 54 valence electrons. The summed E-state index contributed by atoms with van der Waals surface area (Å²) in [6, 6.07) is 0. The van der Waals surface area contributed by atoms with Crippen LogP contribution < -0.4 is 0 Å². The molecule has 0 aromatic heterocycles. The van der Waals surface area contributed by atoms with Gasteiger partial charge in [-0.25, -0.2) is 0 Å². The Hall–Kier alpha value is -1.25. The Balaban J connectivity index is 2.74. The lowest BCUT2D eigenvalue weighted by Gasteiger charge is -2.04. The fourth-order valence-electron chi connectivity index (χ4n) is 0.764. The summed E-state index contributed by atoms with van der Waals surface area (Å²) in [7, 11) is 1.58. The van der Waals surface area contributed by atoms with E-state index in [1.165, 1.54) is 0 Å². The molecule has 0 bridgehead atoms. The molecule has 0 unspecified atom stereocenters. The zero-order chi connectivity index (χ0) is 7.40. The molecule has 3 nitrogen and oxygen atoms in total. The van der Waals surface area contributed by atoms with E-state index in [4.69, 9.17) is 9.94 Å². The third kappa shape index (κ3) is 1.37. The lowest BCUT2D eigenvalue weighted by molar-refractivity contribution is 0.303. The molecule has 1 rings (SSSR count). The molecule has 1 aliphatic carbocycles. The van der Waals surface area contributed by atoms with Gasteiger partial charge in [0.05, 0.1) is 12.8 Å². The number of nitrogens with zero attached hydrogens (tertiary/aromatic N) is 1. The van der Waals surface area contributed by atoms with Crippen molar-refractivity contribution in [1.82, 2.24) is 0 Å². The van der Waals surface area contributed by atoms with Crippen LogP contribution in [0.1, 0.15) is 6.42 Å². The number of oxime groups is 1. The van der Waals surface area contributed by atoms with Crippen LogP contribution in [-0.4, -0.2) is 18.0 Å². The molecule has 0 aromatic carbocycles. The summed E-state index contributed by atoms with van der Waals surface area (Å²) in [5, 5.41) is 11.4. The molecule has 0 aliphatic heterocycles. The zero-order valence-electron chi connectivity index (χ0n) is 5.74. The van der Waals surface area contributed by atoms with Gasteiger partial charge in [-0.2, -0.15) is 0 Å². The first-order chi connectivity index (χ1) is 4.86. The van der Waals surface area contributed by atoms with E-state index in [0.29, 0.717) is 12.1 Å². The molecule has 0 spiro atoms. The number of methoxy groups -OCH3 is 1. The first-order valence-electron chi connectivity index (χ1n) is 3.00. The van der Waals surface area contributed by atoms with E-state index in [1.54, 1.807) is 13.2 Å². The fourth-order valence-corrected chi connectivity index (χ4v) is 0.764. The van der Waals surface area contributed by atoms with Crippen molar-refractivity contribution < 1.29 is 9.94 Å². The molecule has 0 saturated heterocycles. The highest BCUT2D eigenvalue weighted by Crippen LogP contribution is 2.07. The largest absolute Gasteiger partial charge is 0.497 e. The van der Waals surface area contributed by atoms with Crippen LogP contribution >= 0.6 is 0 Å². The Bertz CT molecular complexity index is 204. The average molecular weight is 139 g/mol. The minimum Gasteiger partial charge on any atom is -0.497 e. The first-order valence-corrected chi connectivity index (χ1v) is 3.00. The molecular formula is C7H9NO2. The second kappa shape index (κ2) is 3.06. The summed E-state index contributed by atoms with van der Waals surface area (Å²) in [6.45, 7) is 0. The molecule has 0 atom stereocenters. The molecule has 0 radical (unpaired) electrons. The quantitative estimate of drug-likeness (QED) is 0.439. The van der Waals surface area contributed by atoms with Gasteiger partial charge in [0.1, 0.15) is 5.76 Å². The van der Waals surface area contributed by atoms with Crippen LogP contribution in [0.3, 0.4) is 0 Å². The van der Waals surface area contributed by atoms with Crippen molar-refractivity contribution in [3.05, 3.63) is 24.0 Å². The molecule has 0 heterocycles. The maximum absolute atomic E-state index is 8.36. The number of rotatable bonds is 1. The van der Waals surface area contributed by atoms with Crippen LogP contribution in [0.2, 0.25) is 0 Å². The standard InChI is InChI=1S/C7H9NO2/c1-10-7-4-2-3-6(5-7)8-9/h2,4-5,9H,3H2,1H3. The summed E-state index contributed by atoms with van der Waals surface area (Å²) in [5.41, 5.74) is 0.624. The zero-order valence-corrected chi connectivity index (χ0v) is 5.74. The molecule has 1 aliphatic rings. The van der Waals surface area contributed by atoms with Crippen LogP contribution in [0.15, 0.2) is 29.1 Å². The minimum atomic E-state index is 0.624. The second-order valence-corrected chi connectivity index (χ2v) is 1.95. The van der Waals surface area contributed by atoms with Gasteiger partial charge in [-0.3, -0.25) is 0 Å². The predicted molar refractivity (Wildman–Crippen MR) is 38.1 cm³/mol. The van der Waals surface area contributed by atoms with Crippen LogP contribution in [0.25, 0.3) is 0 Å². The topological polar surface area (TPSA) is 41.8 Å². The third-order valence-corrected chi connectivity index (χ3v) is 1.28. The summed E-state index contributed by atoms with van der Waals surface area (Å²) >= 11 is 0. The highest BCUT2D eigenvalue weighted by molar-refractivity contribution is 5.97. The first kappa shape index (κ1) is 6.86. The Labute approximate surface area is 59.3 Å². The van der Waals surface area contributed by atoms with E-state index < -0.39 is 0 Å². The summed E-state index contributed by atoms with van der Waals surface area (Å²) in [4.78, 5) is 0. The van der Waals surface area contributed by atoms with Crippen LogP contribution in [0.5, 0.6) is 0 Å². The van der Waals surface area contributed by atoms with Crippen molar-refractivity contribution >= 4 is 5.71 Å². The number of ether oxygens (including phenoxy) is 1. The summed E-state index contributed by atoms with van der Waals surface area (Å²) < 4.78 is 4.91. The normalized spacial score (nSPS) is 20.9. The molecule has 1 N–H and O–H groups in total. The summed E-state index contributed by atoms with van der Waals surface area (Å²) in [5.74, 6) is 0.721. The number of allylic oxidation sites excluding steroid dienone is 3. The maximum Gasteiger partial charge on any atom is 0.120 e. The highest BCUT2D eigenvalue weighted by Gasteiger charge is 2.01. The lowest BCUT2D eigenvalue weighted by Crippen LogP contribution is -1.99. The lowest BCUT2D eigenvalue weighted by atomic mass is 10.1. The highest BCUT2D eigenvalue weighted by atomic mass is 16.5. The van der Waals surface area contributed by atoms with Gasteiger partial charge in [0.2, 0.25) is 0 Å². The van der Waals surface area contributed by atoms with Crippen molar-refractivity contribution in [2.75, 3.05) is 7.11 Å². The van der Waals surface area contributed by atoms with E-state index in [2.05, 4.69) is 5.16 Å². The van der Waals surface area contributed by atoms with Crippen LogP contribution in [0, 0.1) is 0 Å². The number of hydrogen-bond donors (Lipinski definition) is 1. The van der Waals surface area contributed by atoms with Gasteiger partial charge >= 0.3 is 0 Å². The van der Waals surface area contributed by atoms with Crippen molar-refractivity contribution in [2.24, 2.45) is 5.16 Å². The van der Waals surface area contributed by atoms with Crippen molar-refractivity contribution in [3.8, 4) is 0 Å². The van der Waals surface area contributed by atoms with Crippen molar-refractivity contribution in [1.29, 1.82) is 0 Å².